The van der Waals surface area contributed by atoms with Gasteiger partial charge in [-0.25, -0.2) is 4.79 Å². The maximum Gasteiger partial charge on any atom is 0.362 e. The van der Waals surface area contributed by atoms with Crippen LogP contribution in [0.2, 0.25) is 0 Å². The number of carbonyl (C=O) groups is 3. The number of esters is 2. The number of carboxylic acids is 1. The van der Waals surface area contributed by atoms with Crippen LogP contribution in [0, 0.1) is 0 Å². The molecule has 0 aromatic rings. The molecule has 0 amide bonds. The molecule has 0 aliphatic heterocycles. The molecule has 1 N–H and O–H groups in total. The van der Waals surface area contributed by atoms with E-state index in [0.717, 1.165) is 57.8 Å². The van der Waals surface area contributed by atoms with E-state index in [1.807, 2.05) is 21.1 Å². The summed E-state index contributed by atoms with van der Waals surface area (Å²) in [5, 5.41) is 9.59. The number of likely N-dealkylation sites (N-methyl/N-ethyl adjacent to an activating group) is 1. The largest absolute Gasteiger partial charge is 0.477 e. The van der Waals surface area contributed by atoms with Crippen molar-refractivity contribution in [3.63, 3.8) is 0 Å². The Hall–Kier alpha value is -2.71. The molecule has 0 saturated carbocycles. The number of quaternary nitrogens is 1. The normalized spacial score (nSPS) is 13.5. The third-order valence-corrected chi connectivity index (χ3v) is 8.71. The second-order valence-corrected chi connectivity index (χ2v) is 14.5. The van der Waals surface area contributed by atoms with E-state index in [2.05, 4.69) is 62.5 Å². The van der Waals surface area contributed by atoms with Gasteiger partial charge in [0.15, 0.2) is 12.1 Å². The predicted octanol–water partition coefficient (Wildman–Crippen LogP) is 10.5. The van der Waals surface area contributed by atoms with Crippen LogP contribution in [0.25, 0.3) is 0 Å². The number of allylic oxidation sites excluding steroid dienone is 8. The Bertz CT molecular complexity index is 979. The van der Waals surface area contributed by atoms with Crippen molar-refractivity contribution in [2.45, 2.75) is 167 Å². The monoisotopic (exact) mass is 719 g/mol. The summed E-state index contributed by atoms with van der Waals surface area (Å²) in [6.07, 6.45) is 38.8. The van der Waals surface area contributed by atoms with Crippen LogP contribution < -0.4 is 0 Å². The predicted molar refractivity (Wildman–Crippen MR) is 211 cm³/mol. The number of rotatable bonds is 35. The third-order valence-electron chi connectivity index (χ3n) is 8.71. The molecule has 294 valence electrons. The van der Waals surface area contributed by atoms with Gasteiger partial charge in [-0.3, -0.25) is 9.59 Å². The van der Waals surface area contributed by atoms with Crippen LogP contribution in [0.4, 0.5) is 0 Å². The van der Waals surface area contributed by atoms with Crippen LogP contribution in [-0.4, -0.2) is 80.6 Å². The lowest BCUT2D eigenvalue weighted by molar-refractivity contribution is -0.887. The molecule has 0 spiro atoms. The number of nitrogens with zero attached hydrogens (tertiary/aromatic N) is 1. The zero-order valence-corrected chi connectivity index (χ0v) is 33.3. The molecule has 0 aliphatic carbocycles. The van der Waals surface area contributed by atoms with E-state index in [9.17, 15) is 19.5 Å². The van der Waals surface area contributed by atoms with Gasteiger partial charge in [0.25, 0.3) is 0 Å². The fourth-order valence-electron chi connectivity index (χ4n) is 5.58. The van der Waals surface area contributed by atoms with Gasteiger partial charge in [0.05, 0.1) is 34.4 Å². The van der Waals surface area contributed by atoms with Crippen molar-refractivity contribution in [3.8, 4) is 0 Å². The highest BCUT2D eigenvalue weighted by Gasteiger charge is 2.31. The van der Waals surface area contributed by atoms with Gasteiger partial charge in [0.2, 0.25) is 0 Å². The Kier molecular flexibility index (Phi) is 32.6. The van der Waals surface area contributed by atoms with Crippen LogP contribution in [0.5, 0.6) is 0 Å². The quantitative estimate of drug-likeness (QED) is 0.0301. The first-order valence-corrected chi connectivity index (χ1v) is 20.2. The highest BCUT2D eigenvalue weighted by atomic mass is 16.6. The Labute approximate surface area is 312 Å². The van der Waals surface area contributed by atoms with E-state index in [1.165, 1.54) is 57.8 Å². The van der Waals surface area contributed by atoms with E-state index in [-0.39, 0.29) is 42.7 Å². The zero-order chi connectivity index (χ0) is 37.8. The highest BCUT2D eigenvalue weighted by molar-refractivity contribution is 5.72. The summed E-state index contributed by atoms with van der Waals surface area (Å²) < 4.78 is 17.1. The topological polar surface area (TPSA) is 99.1 Å². The molecule has 8 heteroatoms. The number of carboxylic acid groups (broad SMARTS) is 1. The lowest BCUT2D eigenvalue weighted by Crippen LogP contribution is -2.50. The summed E-state index contributed by atoms with van der Waals surface area (Å²) >= 11 is 0. The van der Waals surface area contributed by atoms with Crippen molar-refractivity contribution in [3.05, 3.63) is 48.6 Å². The van der Waals surface area contributed by atoms with Gasteiger partial charge in [-0.1, -0.05) is 120 Å². The fraction of sp³-hybridized carbons (Fsp3) is 0.744. The molecular weight excluding hydrogens is 642 g/mol. The Balaban J connectivity index is 4.45. The summed E-state index contributed by atoms with van der Waals surface area (Å²) in [5.41, 5.74) is 0. The van der Waals surface area contributed by atoms with Crippen LogP contribution in [0.15, 0.2) is 48.6 Å². The zero-order valence-electron chi connectivity index (χ0n) is 33.3. The molecule has 0 rings (SSSR count). The molecule has 0 fully saturated rings. The second-order valence-electron chi connectivity index (χ2n) is 14.5. The second kappa shape index (κ2) is 34.4. The number of hydrogen-bond donors (Lipinski definition) is 1. The SMILES string of the molecule is CC/C=C/C/C=C/C/C=C/CCCC(=O)OCC(COCCC(C(=O)O)[N+](C)(C)C)OC(=O)CCCCCCC/C=C/CCCCCCCCC. The summed E-state index contributed by atoms with van der Waals surface area (Å²) in [5.74, 6) is -1.55. The van der Waals surface area contributed by atoms with Gasteiger partial charge < -0.3 is 23.8 Å². The average Bonchev–Trinajstić information content (AvgIpc) is 3.08. The number of carbonyl (C=O) groups excluding carboxylic acids is 2. The molecule has 0 radical (unpaired) electrons. The summed E-state index contributed by atoms with van der Waals surface area (Å²) in [7, 11) is 5.50. The fourth-order valence-corrected chi connectivity index (χ4v) is 5.58. The van der Waals surface area contributed by atoms with Crippen molar-refractivity contribution < 1.29 is 38.2 Å². The number of hydrogen-bond acceptors (Lipinski definition) is 6. The first-order valence-electron chi connectivity index (χ1n) is 20.2. The minimum Gasteiger partial charge on any atom is -0.477 e. The minimum atomic E-state index is -0.885. The number of aliphatic carboxylic acids is 1. The van der Waals surface area contributed by atoms with Crippen molar-refractivity contribution in [1.29, 1.82) is 0 Å². The van der Waals surface area contributed by atoms with Crippen LogP contribution in [-0.2, 0) is 28.6 Å². The molecular formula is C43H76NO7+. The van der Waals surface area contributed by atoms with Gasteiger partial charge >= 0.3 is 17.9 Å². The maximum atomic E-state index is 12.7. The highest BCUT2D eigenvalue weighted by Crippen LogP contribution is 2.13. The van der Waals surface area contributed by atoms with E-state index >= 15 is 0 Å². The van der Waals surface area contributed by atoms with Crippen molar-refractivity contribution in [2.75, 3.05) is 41.0 Å². The van der Waals surface area contributed by atoms with E-state index in [0.29, 0.717) is 19.3 Å². The van der Waals surface area contributed by atoms with Crippen LogP contribution in [0.3, 0.4) is 0 Å². The van der Waals surface area contributed by atoms with Crippen LogP contribution >= 0.6 is 0 Å². The lowest BCUT2D eigenvalue weighted by atomic mass is 10.1. The Morgan fingerprint density at radius 3 is 1.71 bits per heavy atom. The molecule has 2 atom stereocenters. The van der Waals surface area contributed by atoms with E-state index in [4.69, 9.17) is 14.2 Å². The molecule has 0 saturated heterocycles. The van der Waals surface area contributed by atoms with Crippen molar-refractivity contribution in [1.82, 2.24) is 0 Å². The third kappa shape index (κ3) is 32.9. The standard InChI is InChI=1S/C43H75NO7/c1-6-8-10-12-14-16-18-19-20-21-22-24-26-28-30-32-34-42(46)51-39(37-49-36-35-40(43(47)48)44(3,4)5)38-50-41(45)33-31-29-27-25-23-17-15-13-11-9-7-2/h9,11,15,17,20-21,25,27,39-40H,6-8,10,12-14,16,18-19,22-24,26,28-38H2,1-5H3/p+1/b11-9+,17-15+,21-20+,27-25+. The number of unbranched alkanes of at least 4 members (excludes halogenated alkanes) is 13. The van der Waals surface area contributed by atoms with Gasteiger partial charge in [-0.05, 0) is 64.2 Å². The average molecular weight is 719 g/mol. The first kappa shape index (κ1) is 48.3. The smallest absolute Gasteiger partial charge is 0.362 e. The molecule has 51 heavy (non-hydrogen) atoms. The van der Waals surface area contributed by atoms with E-state index in [1.54, 1.807) is 0 Å². The summed E-state index contributed by atoms with van der Waals surface area (Å²) in [6.45, 7) is 4.53. The Morgan fingerprint density at radius 2 is 1.12 bits per heavy atom. The molecule has 0 aliphatic rings. The molecule has 0 heterocycles. The molecule has 0 aromatic heterocycles. The van der Waals surface area contributed by atoms with Gasteiger partial charge in [-0.15, -0.1) is 0 Å². The van der Waals surface area contributed by atoms with E-state index < -0.39 is 18.1 Å². The van der Waals surface area contributed by atoms with Gasteiger partial charge in [0.1, 0.15) is 6.61 Å². The molecule has 8 nitrogen and oxygen atoms in total. The summed E-state index contributed by atoms with van der Waals surface area (Å²) in [6, 6.07) is -0.622. The van der Waals surface area contributed by atoms with Gasteiger partial charge in [-0.2, -0.15) is 0 Å². The maximum absolute atomic E-state index is 12.7. The van der Waals surface area contributed by atoms with Gasteiger partial charge in [0, 0.05) is 19.3 Å². The minimum absolute atomic E-state index is 0.0411. The van der Waals surface area contributed by atoms with Crippen LogP contribution in [0.1, 0.15) is 155 Å². The Morgan fingerprint density at radius 1 is 0.608 bits per heavy atom. The first-order chi connectivity index (χ1) is 24.6. The lowest BCUT2D eigenvalue weighted by Gasteiger charge is -2.31. The van der Waals surface area contributed by atoms with Crippen molar-refractivity contribution >= 4 is 17.9 Å². The summed E-state index contributed by atoms with van der Waals surface area (Å²) in [4.78, 5) is 36.8. The van der Waals surface area contributed by atoms with Crippen molar-refractivity contribution in [2.24, 2.45) is 0 Å². The number of ether oxygens (including phenoxy) is 3. The molecule has 2 unspecified atom stereocenters. The molecule has 0 aromatic carbocycles. The molecule has 0 bridgehead atoms.